The number of anilines is 1. The topological polar surface area (TPSA) is 109 Å². The molecule has 0 radical (unpaired) electrons. The van der Waals surface area contributed by atoms with E-state index in [1.165, 1.54) is 13.3 Å². The minimum absolute atomic E-state index is 0.100. The summed E-state index contributed by atoms with van der Waals surface area (Å²) in [4.78, 5) is 21.4. The molecule has 0 bridgehead atoms. The number of guanidine groups is 2. The van der Waals surface area contributed by atoms with Crippen LogP contribution in [-0.4, -0.2) is 35.8 Å². The Morgan fingerprint density at radius 2 is 1.95 bits per heavy atom. The fourth-order valence-corrected chi connectivity index (χ4v) is 2.32. The summed E-state index contributed by atoms with van der Waals surface area (Å²) in [5.74, 6) is 0.364. The molecule has 1 aliphatic heterocycles. The number of nitrogens with zero attached hydrogens (tertiary/aromatic N) is 3. The number of carbonyl (C=O) groups is 1. The van der Waals surface area contributed by atoms with Gasteiger partial charge < -0.3 is 21.7 Å². The monoisotopic (exact) mass is 302 g/mol. The molecule has 0 aromatic heterocycles. The van der Waals surface area contributed by atoms with Gasteiger partial charge in [-0.3, -0.25) is 4.79 Å². The second kappa shape index (κ2) is 7.44. The zero-order valence-electron chi connectivity index (χ0n) is 12.7. The fourth-order valence-electron chi connectivity index (χ4n) is 2.32. The Morgan fingerprint density at radius 1 is 1.23 bits per heavy atom. The molecule has 1 saturated heterocycles. The zero-order valence-corrected chi connectivity index (χ0v) is 12.7. The predicted octanol–water partition coefficient (Wildman–Crippen LogP) is 1.39. The average molecular weight is 302 g/mol. The molecule has 7 nitrogen and oxygen atoms in total. The van der Waals surface area contributed by atoms with Crippen molar-refractivity contribution in [2.24, 2.45) is 21.5 Å². The summed E-state index contributed by atoms with van der Waals surface area (Å²) in [5.41, 5.74) is 13.1. The van der Waals surface area contributed by atoms with Crippen molar-refractivity contribution < 1.29 is 4.79 Å². The number of piperidine rings is 1. The van der Waals surface area contributed by atoms with E-state index in [2.05, 4.69) is 15.3 Å². The lowest BCUT2D eigenvalue weighted by molar-refractivity contribution is -0.114. The molecule has 0 saturated carbocycles. The summed E-state index contributed by atoms with van der Waals surface area (Å²) in [5, 5.41) is 2.69. The first-order valence-corrected chi connectivity index (χ1v) is 7.35. The van der Waals surface area contributed by atoms with Gasteiger partial charge in [0.05, 0.1) is 5.69 Å². The van der Waals surface area contributed by atoms with Crippen molar-refractivity contribution in [3.63, 3.8) is 0 Å². The Bertz CT molecular complexity index is 589. The molecule has 1 aromatic carbocycles. The molecule has 5 N–H and O–H groups in total. The molecule has 0 aliphatic carbocycles. The fraction of sp³-hybridized carbons (Fsp3) is 0.400. The Kier molecular flexibility index (Phi) is 5.35. The van der Waals surface area contributed by atoms with Crippen LogP contribution in [0.4, 0.5) is 11.4 Å². The smallest absolute Gasteiger partial charge is 0.223 e. The average Bonchev–Trinajstić information content (AvgIpc) is 2.47. The maximum Gasteiger partial charge on any atom is 0.223 e. The molecular formula is C15H22N6O. The van der Waals surface area contributed by atoms with Crippen molar-refractivity contribution in [2.45, 2.75) is 26.2 Å². The van der Waals surface area contributed by atoms with Gasteiger partial charge in [0.2, 0.25) is 11.9 Å². The molecule has 22 heavy (non-hydrogen) atoms. The van der Waals surface area contributed by atoms with Gasteiger partial charge >= 0.3 is 0 Å². The molecule has 1 heterocycles. The Balaban J connectivity index is 2.09. The van der Waals surface area contributed by atoms with Crippen LogP contribution in [0.5, 0.6) is 0 Å². The second-order valence-electron chi connectivity index (χ2n) is 5.22. The van der Waals surface area contributed by atoms with Crippen molar-refractivity contribution in [1.82, 2.24) is 4.90 Å². The van der Waals surface area contributed by atoms with Gasteiger partial charge in [0, 0.05) is 25.7 Å². The standard InChI is InChI=1S/C15H22N6O/c1-11(22)18-12-6-5-7-13(10-12)19-14(16)20-15(17)21-8-3-2-4-9-21/h5-7,10H,2-4,8-9H2,1H3,(H,18,22)(H4,16,17,19,20). The highest BCUT2D eigenvalue weighted by Crippen LogP contribution is 2.18. The summed E-state index contributed by atoms with van der Waals surface area (Å²) in [6.45, 7) is 3.26. The number of nitrogens with one attached hydrogen (secondary N) is 1. The maximum absolute atomic E-state index is 11.1. The highest BCUT2D eigenvalue weighted by atomic mass is 16.1. The number of amides is 1. The number of benzene rings is 1. The molecule has 1 amide bonds. The van der Waals surface area contributed by atoms with Gasteiger partial charge in [0.1, 0.15) is 0 Å². The first kappa shape index (κ1) is 15.8. The quantitative estimate of drug-likeness (QED) is 0.566. The summed E-state index contributed by atoms with van der Waals surface area (Å²) < 4.78 is 0. The van der Waals surface area contributed by atoms with E-state index >= 15 is 0 Å². The van der Waals surface area contributed by atoms with Gasteiger partial charge in [-0.25, -0.2) is 4.99 Å². The van der Waals surface area contributed by atoms with Crippen LogP contribution in [-0.2, 0) is 4.79 Å². The van der Waals surface area contributed by atoms with Crippen LogP contribution in [0.2, 0.25) is 0 Å². The van der Waals surface area contributed by atoms with Crippen LogP contribution < -0.4 is 16.8 Å². The molecule has 2 rings (SSSR count). The van der Waals surface area contributed by atoms with Crippen LogP contribution in [0.15, 0.2) is 34.3 Å². The molecule has 0 unspecified atom stereocenters. The van der Waals surface area contributed by atoms with Crippen LogP contribution in [0, 0.1) is 0 Å². The molecule has 118 valence electrons. The number of hydrogen-bond acceptors (Lipinski definition) is 2. The highest BCUT2D eigenvalue weighted by Gasteiger charge is 2.12. The second-order valence-corrected chi connectivity index (χ2v) is 5.22. The van der Waals surface area contributed by atoms with Crippen molar-refractivity contribution >= 4 is 29.2 Å². The third-order valence-corrected chi connectivity index (χ3v) is 3.32. The number of likely N-dealkylation sites (tertiary alicyclic amines) is 1. The maximum atomic E-state index is 11.1. The van der Waals surface area contributed by atoms with Crippen LogP contribution in [0.1, 0.15) is 26.2 Å². The van der Waals surface area contributed by atoms with E-state index in [-0.39, 0.29) is 11.9 Å². The molecule has 1 fully saturated rings. The summed E-state index contributed by atoms with van der Waals surface area (Å²) in [7, 11) is 0. The number of nitrogens with two attached hydrogens (primary N) is 2. The van der Waals surface area contributed by atoms with Gasteiger partial charge in [-0.15, -0.1) is 0 Å². The predicted molar refractivity (Wildman–Crippen MR) is 89.1 cm³/mol. The normalized spacial score (nSPS) is 16.5. The van der Waals surface area contributed by atoms with E-state index in [9.17, 15) is 4.79 Å². The molecule has 1 aromatic rings. The van der Waals surface area contributed by atoms with Gasteiger partial charge in [-0.2, -0.15) is 4.99 Å². The number of hydrogen-bond donors (Lipinski definition) is 3. The van der Waals surface area contributed by atoms with E-state index in [0.29, 0.717) is 17.3 Å². The lowest BCUT2D eigenvalue weighted by Gasteiger charge is -2.27. The zero-order chi connectivity index (χ0) is 15.9. The van der Waals surface area contributed by atoms with E-state index < -0.39 is 0 Å². The highest BCUT2D eigenvalue weighted by molar-refractivity contribution is 5.94. The third-order valence-electron chi connectivity index (χ3n) is 3.32. The molecular weight excluding hydrogens is 280 g/mol. The van der Waals surface area contributed by atoms with Gasteiger partial charge in [0.25, 0.3) is 0 Å². The minimum Gasteiger partial charge on any atom is -0.369 e. The Morgan fingerprint density at radius 3 is 2.64 bits per heavy atom. The van der Waals surface area contributed by atoms with Crippen molar-refractivity contribution in [3.05, 3.63) is 24.3 Å². The minimum atomic E-state index is -0.138. The van der Waals surface area contributed by atoms with Gasteiger partial charge in [-0.05, 0) is 37.5 Å². The Hall–Kier alpha value is -2.57. The molecule has 0 atom stereocenters. The molecule has 1 aliphatic rings. The lowest BCUT2D eigenvalue weighted by Crippen LogP contribution is -2.41. The molecule has 0 spiro atoms. The third kappa shape index (κ3) is 4.76. The number of rotatable bonds is 2. The molecule has 7 heteroatoms. The van der Waals surface area contributed by atoms with Crippen molar-refractivity contribution in [1.29, 1.82) is 0 Å². The SMILES string of the molecule is CC(=O)Nc1cccc(N=C(N)N=C(N)N2CCCCC2)c1. The van der Waals surface area contributed by atoms with E-state index in [1.807, 2.05) is 4.90 Å². The van der Waals surface area contributed by atoms with E-state index in [4.69, 9.17) is 11.5 Å². The van der Waals surface area contributed by atoms with Crippen LogP contribution in [0.3, 0.4) is 0 Å². The Labute approximate surface area is 130 Å². The lowest BCUT2D eigenvalue weighted by atomic mass is 10.1. The van der Waals surface area contributed by atoms with Crippen molar-refractivity contribution in [3.8, 4) is 0 Å². The summed E-state index contributed by atoms with van der Waals surface area (Å²) >= 11 is 0. The largest absolute Gasteiger partial charge is 0.369 e. The van der Waals surface area contributed by atoms with Gasteiger partial charge in [0.15, 0.2) is 5.96 Å². The van der Waals surface area contributed by atoms with Gasteiger partial charge in [-0.1, -0.05) is 6.07 Å². The van der Waals surface area contributed by atoms with E-state index in [0.717, 1.165) is 25.9 Å². The summed E-state index contributed by atoms with van der Waals surface area (Å²) in [6.07, 6.45) is 3.46. The first-order chi connectivity index (χ1) is 10.5. The number of carbonyl (C=O) groups excluding carboxylic acids is 1. The first-order valence-electron chi connectivity index (χ1n) is 7.35. The van der Waals surface area contributed by atoms with Crippen LogP contribution in [0.25, 0.3) is 0 Å². The van der Waals surface area contributed by atoms with Crippen molar-refractivity contribution in [2.75, 3.05) is 18.4 Å². The number of aliphatic imine (C=N–C) groups is 2. The van der Waals surface area contributed by atoms with Crippen LogP contribution >= 0.6 is 0 Å². The van der Waals surface area contributed by atoms with E-state index in [1.54, 1.807) is 24.3 Å². The summed E-state index contributed by atoms with van der Waals surface area (Å²) in [6, 6.07) is 7.07.